The van der Waals surface area contributed by atoms with E-state index in [0.717, 1.165) is 60.7 Å². The molecule has 22 nitrogen and oxygen atoms in total. The Morgan fingerprint density at radius 3 is 1.01 bits per heavy atom. The van der Waals surface area contributed by atoms with Crippen molar-refractivity contribution in [1.29, 1.82) is 5.26 Å². The fourth-order valence-electron chi connectivity index (χ4n) is 12.1. The van der Waals surface area contributed by atoms with E-state index in [-0.39, 0.29) is 121 Å². The summed E-state index contributed by atoms with van der Waals surface area (Å²) in [6, 6.07) is 42.6. The second-order valence-electron chi connectivity index (χ2n) is 27.6. The zero-order valence-electron chi connectivity index (χ0n) is 64.5. The van der Waals surface area contributed by atoms with E-state index in [0.29, 0.717) is 55.2 Å². The third-order valence-electron chi connectivity index (χ3n) is 18.0. The van der Waals surface area contributed by atoms with Crippen LogP contribution in [0.4, 0.5) is 77.2 Å². The van der Waals surface area contributed by atoms with Crippen molar-refractivity contribution in [2.24, 2.45) is 31.8 Å². The van der Waals surface area contributed by atoms with Gasteiger partial charge in [-0.2, -0.15) is 71.1 Å². The number of nitriles is 1. The maximum absolute atomic E-state index is 13.8. The second kappa shape index (κ2) is 39.1. The minimum Gasteiger partial charge on any atom is -0.508 e. The summed E-state index contributed by atoms with van der Waals surface area (Å²) in [6.07, 6.45) is -20.4. The molecule has 0 aliphatic carbocycles. The van der Waals surface area contributed by atoms with Crippen LogP contribution >= 0.6 is 67.8 Å². The quantitative estimate of drug-likeness (QED) is 0.0109. The van der Waals surface area contributed by atoms with Gasteiger partial charge in [0.05, 0.1) is 59.1 Å². The van der Waals surface area contributed by atoms with E-state index in [1.165, 1.54) is 134 Å². The van der Waals surface area contributed by atoms with E-state index in [2.05, 4.69) is 40.9 Å². The van der Waals surface area contributed by atoms with Gasteiger partial charge in [0.1, 0.15) is 46.3 Å². The van der Waals surface area contributed by atoms with Gasteiger partial charge in [-0.3, -0.25) is 0 Å². The van der Waals surface area contributed by atoms with Crippen molar-refractivity contribution in [2.45, 2.75) is 77.5 Å². The molecule has 658 valence electrons. The molecule has 2 aromatic heterocycles. The topological polar surface area (TPSA) is 344 Å². The van der Waals surface area contributed by atoms with Crippen molar-refractivity contribution in [2.75, 3.05) is 0 Å². The number of aliphatic imine (C=N–C) groups is 2. The number of rotatable bonds is 11. The Morgan fingerprint density at radius 1 is 0.402 bits per heavy atom. The van der Waals surface area contributed by atoms with Gasteiger partial charge in [-0.25, -0.2) is 40.3 Å². The molecule has 40 heteroatoms. The number of halogens is 18. The lowest BCUT2D eigenvalue weighted by molar-refractivity contribution is -0.138. The second-order valence-corrected chi connectivity index (χ2v) is 30.8. The molecule has 2 aliphatic rings. The molecule has 0 saturated carbocycles. The van der Waals surface area contributed by atoms with E-state index >= 15 is 0 Å². The van der Waals surface area contributed by atoms with Crippen LogP contribution in [0.25, 0.3) is 88.0 Å². The Bertz CT molecular complexity index is 6330. The van der Waals surface area contributed by atoms with Crippen LogP contribution in [0.5, 0.6) is 28.7 Å². The number of benzene rings is 10. The summed E-state index contributed by atoms with van der Waals surface area (Å²) in [5.41, 5.74) is 14.0. The van der Waals surface area contributed by atoms with Crippen molar-refractivity contribution in [3.05, 3.63) is 296 Å². The molecule has 10 aromatic carbocycles. The van der Waals surface area contributed by atoms with Gasteiger partial charge in [0.2, 0.25) is 11.4 Å². The molecule has 0 radical (unpaired) electrons. The molecule has 2 aliphatic heterocycles. The van der Waals surface area contributed by atoms with E-state index in [9.17, 15) is 91.4 Å². The third kappa shape index (κ3) is 23.5. The zero-order valence-corrected chi connectivity index (χ0v) is 71.0. The molecule has 0 unspecified atom stereocenters. The number of amidine groups is 4. The highest BCUT2D eigenvalue weighted by Crippen LogP contribution is 2.49. The smallest absolute Gasteiger partial charge is 0.416 e. The number of nitrogens with zero attached hydrogens (tertiary/aromatic N) is 7. The Balaban J connectivity index is 0.000000181. The minimum absolute atomic E-state index is 0. The fraction of sp³-hybridized carbons (Fsp3) is 0.138. The Morgan fingerprint density at radius 2 is 0.677 bits per heavy atom. The molecular weight excluding hydrogens is 2040 g/mol. The first kappa shape index (κ1) is 97.6. The number of alkyl halides is 15. The van der Waals surface area contributed by atoms with E-state index < -0.39 is 81.8 Å². The van der Waals surface area contributed by atoms with Gasteiger partial charge in [0.15, 0.2) is 34.8 Å². The minimum atomic E-state index is -4.71. The number of hydrogen-bond donors (Lipinski definition) is 11. The Labute approximate surface area is 751 Å². The fourth-order valence-corrected chi connectivity index (χ4v) is 14.6. The highest BCUT2D eigenvalue weighted by molar-refractivity contribution is 14.1. The monoisotopic (exact) mass is 2100 g/mol. The highest BCUT2D eigenvalue weighted by atomic mass is 127. The van der Waals surface area contributed by atoms with Crippen molar-refractivity contribution in [1.82, 2.24) is 11.0 Å². The average Bonchev–Trinajstić information content (AvgIpc) is 1.72. The maximum atomic E-state index is 13.8. The number of aromatic hydroxyl groups is 5. The van der Waals surface area contributed by atoms with Crippen molar-refractivity contribution in [3.63, 3.8) is 0 Å². The van der Waals surface area contributed by atoms with Gasteiger partial charge in [-0.1, -0.05) is 78.4 Å². The lowest BCUT2D eigenvalue weighted by atomic mass is 9.90. The predicted molar refractivity (Wildman–Crippen MR) is 465 cm³/mol. The first-order valence-corrected chi connectivity index (χ1v) is 38.8. The van der Waals surface area contributed by atoms with E-state index in [1.54, 1.807) is 45.9 Å². The summed E-state index contributed by atoms with van der Waals surface area (Å²) in [5, 5.41) is 79.4. The lowest BCUT2D eigenvalue weighted by Crippen LogP contribution is -2.24. The van der Waals surface area contributed by atoms with Gasteiger partial charge in [0.25, 0.3) is 0 Å². The van der Waals surface area contributed by atoms with Crippen LogP contribution in [0.2, 0.25) is 0 Å². The van der Waals surface area contributed by atoms with Crippen LogP contribution < -0.4 is 22.4 Å². The third-order valence-corrected chi connectivity index (χ3v) is 21.4. The number of oxime groups is 2. The predicted octanol–water partition coefficient (Wildman–Crippen LogP) is 24.6. The van der Waals surface area contributed by atoms with E-state index in [4.69, 9.17) is 58.8 Å². The summed E-state index contributed by atoms with van der Waals surface area (Å²) in [5.74, 6) is -0.600. The standard InChI is InChI=1S/C22H16F3N3O3.C19H12F3N3O3.C17H14F3IN2O2.C14H10F3IN2O2.C14H7F3INO.CH4/c1-21(2)27-20(28-31-21)16-11-13(22(23,24)25)10-15(12-4-6-14(29)7-5-12)18(16)19-17(26-3)8-9-30-19;1-24-15-6-7-28-17(15)16-13(10-2-4-12(26)5-3-10)8-11(19(20,21)22)9-14(16)18(23)25-27;1-16(2)22-15(23-25-16)13-8-10(17(18,19)20)7-12(14(13)21)9-3-5-11(24)6-4-9;15-14(16,17)8-5-10(7-1-3-9(21)4-2-7)12(18)11(6-8)13(19)20-22;15-14(16,17)10-5-9(7-19)13(18)12(6-10)8-1-3-11(20)4-2-8;/h4-11,29H,1-2H3,(H,27,28);2-9,26-27H,(H2,23,25);3-8,24H,1-2H3,(H,22,23);1-6,21-22H,(H2,19,20);1-6,20H;1H4. The van der Waals surface area contributed by atoms with Gasteiger partial charge in [-0.15, -0.1) is 0 Å². The highest BCUT2D eigenvalue weighted by Gasteiger charge is 2.40. The number of nitrogens with two attached hydrogens (primary N) is 2. The van der Waals surface area contributed by atoms with Gasteiger partial charge in [0, 0.05) is 44.1 Å². The van der Waals surface area contributed by atoms with E-state index in [1.807, 2.05) is 67.8 Å². The number of furan rings is 2. The Hall–Kier alpha value is -13.2. The van der Waals surface area contributed by atoms with Gasteiger partial charge >= 0.3 is 30.9 Å². The van der Waals surface area contributed by atoms with Crippen LogP contribution in [-0.4, -0.2) is 70.7 Å². The number of hydrogen-bond acceptors (Lipinski definition) is 18. The Kier molecular flexibility index (Phi) is 30.1. The summed E-state index contributed by atoms with van der Waals surface area (Å²) in [4.78, 5) is 26.0. The number of phenols is 5. The van der Waals surface area contributed by atoms with Crippen molar-refractivity contribution < 1.29 is 120 Å². The summed E-state index contributed by atoms with van der Waals surface area (Å²) in [7, 11) is 0. The van der Waals surface area contributed by atoms with Crippen molar-refractivity contribution in [3.8, 4) is 113 Å². The SMILES string of the molecule is C.CC1(C)N=C(c2cc(C(F)(F)F)cc(-c3ccc(O)cc3)c2I)NO1.N#Cc1cc(C(F)(F)F)cc(-c2ccc(O)cc2)c1I.N/C(=N\O)c1cc(C(F)(F)F)cc(-c2ccc(O)cc2)c1I.[C-]#[N+]c1ccoc1-c1c(/C(N)=N/O)cc(C(F)(F)F)cc1-c1ccc(O)cc1.[C-]#[N+]c1ccoc1-c1c(C2=NC(C)(C)ON2)cc(C(F)(F)F)cc1-c1ccc(O)cc1. The van der Waals surface area contributed by atoms with Gasteiger partial charge < -0.3 is 56.2 Å². The first-order valence-electron chi connectivity index (χ1n) is 35.5. The van der Waals surface area contributed by atoms with Crippen LogP contribution in [-0.2, 0) is 40.6 Å². The molecule has 0 saturated heterocycles. The molecular formula is C87H63F15I3N11O11. The lowest BCUT2D eigenvalue weighted by Gasteiger charge is -2.18. The van der Waals surface area contributed by atoms with Gasteiger partial charge in [-0.05, 0) is 285 Å². The molecule has 0 fully saturated rings. The molecule has 127 heavy (non-hydrogen) atoms. The largest absolute Gasteiger partial charge is 0.508 e. The number of phenolic OH excluding ortho intramolecular Hbond substituents is 5. The molecule has 12 aromatic rings. The molecule has 14 rings (SSSR count). The maximum Gasteiger partial charge on any atom is 0.416 e. The summed E-state index contributed by atoms with van der Waals surface area (Å²) >= 11 is 5.67. The molecule has 0 bridgehead atoms. The van der Waals surface area contributed by atoms with Crippen LogP contribution in [0.1, 0.15) is 90.8 Å². The van der Waals surface area contributed by atoms with Crippen molar-refractivity contribution >= 4 is 102 Å². The molecule has 0 atom stereocenters. The summed E-state index contributed by atoms with van der Waals surface area (Å²) in [6.45, 7) is 21.4. The normalized spacial score (nSPS) is 13.5. The zero-order chi connectivity index (χ0) is 92.7. The summed E-state index contributed by atoms with van der Waals surface area (Å²) < 4.78 is 212. The molecule has 4 heterocycles. The molecule has 0 spiro atoms. The first-order chi connectivity index (χ1) is 59.0. The van der Waals surface area contributed by atoms with Crippen LogP contribution in [0.15, 0.2) is 236 Å². The van der Waals surface area contributed by atoms with Crippen LogP contribution in [0, 0.1) is 35.2 Å². The average molecular weight is 2100 g/mol. The number of hydroxylamine groups is 2. The molecule has 13 N–H and O–H groups in total. The van der Waals surface area contributed by atoms with Crippen LogP contribution in [0.3, 0.4) is 0 Å². The molecule has 0 amide bonds. The number of nitrogens with one attached hydrogen (secondary N) is 2.